The number of carbonyl (C=O) groups excluding carboxylic acids is 2. The first-order valence-corrected chi connectivity index (χ1v) is 19.3. The summed E-state index contributed by atoms with van der Waals surface area (Å²) in [4.78, 5) is 33.7. The number of nitrogens with zero attached hydrogens (tertiary/aromatic N) is 2. The fourth-order valence-corrected chi connectivity index (χ4v) is 3.76. The number of methoxy groups -OCH3 is 4. The summed E-state index contributed by atoms with van der Waals surface area (Å²) >= 11 is -0.931. The molecular formula is C28H24Cl2N2O6Zn. The van der Waals surface area contributed by atoms with Crippen molar-refractivity contribution < 1.29 is 43.7 Å². The van der Waals surface area contributed by atoms with Crippen LogP contribution in [0.5, 0.6) is 11.5 Å². The van der Waals surface area contributed by atoms with Gasteiger partial charge in [0, 0.05) is 11.1 Å². The Morgan fingerprint density at radius 3 is 1.31 bits per heavy atom. The van der Waals surface area contributed by atoms with Crippen LogP contribution in [0.25, 0.3) is 33.9 Å². The summed E-state index contributed by atoms with van der Waals surface area (Å²) in [6, 6.07) is 21.1. The number of carbonyl (C=O) groups is 2. The normalized spacial score (nSPS) is 9.90. The number of halogens is 2. The van der Waals surface area contributed by atoms with Crippen LogP contribution >= 0.6 is 19.4 Å². The predicted molar refractivity (Wildman–Crippen MR) is 146 cm³/mol. The molecule has 0 aliphatic heterocycles. The Bertz CT molecular complexity index is 1360. The van der Waals surface area contributed by atoms with Crippen LogP contribution in [-0.2, 0) is 24.6 Å². The molecule has 0 atom stereocenters. The van der Waals surface area contributed by atoms with E-state index >= 15 is 0 Å². The molecule has 11 heteroatoms. The molecule has 0 saturated heterocycles. The third kappa shape index (κ3) is 7.32. The van der Waals surface area contributed by atoms with Crippen molar-refractivity contribution in [2.45, 2.75) is 0 Å². The van der Waals surface area contributed by atoms with E-state index in [1.165, 1.54) is 14.2 Å². The van der Waals surface area contributed by atoms with Crippen molar-refractivity contribution in [3.63, 3.8) is 0 Å². The van der Waals surface area contributed by atoms with E-state index in [1.54, 1.807) is 50.6 Å². The third-order valence-corrected chi connectivity index (χ3v) is 5.55. The van der Waals surface area contributed by atoms with Gasteiger partial charge in [0.1, 0.15) is 11.5 Å². The molecule has 0 radical (unpaired) electrons. The zero-order valence-electron chi connectivity index (χ0n) is 21.7. The standard InChI is InChI=1S/C28H24N2O6.2ClH.Zn/c1-33-25-13-11-17(27(31)35-3)15-19(25)21-7-5-9-23(29-21)24-10-6-8-22(30-24)20-16-18(28(32)36-4)12-14-26(20)34-2;;;/h5-16H,1-4H3;2*1H;/q;;;+2/p-2. The van der Waals surface area contributed by atoms with Crippen molar-refractivity contribution in [3.8, 4) is 45.4 Å². The molecule has 2 aromatic heterocycles. The number of esters is 2. The van der Waals surface area contributed by atoms with Crippen molar-refractivity contribution in [2.24, 2.45) is 0 Å². The molecule has 0 unspecified atom stereocenters. The third-order valence-electron chi connectivity index (χ3n) is 5.55. The van der Waals surface area contributed by atoms with E-state index in [9.17, 15) is 9.59 Å². The molecule has 2 aromatic carbocycles. The molecule has 4 rings (SSSR count). The summed E-state index contributed by atoms with van der Waals surface area (Å²) in [5, 5.41) is 0. The van der Waals surface area contributed by atoms with E-state index < -0.39 is 27.1 Å². The van der Waals surface area contributed by atoms with Crippen LogP contribution < -0.4 is 9.47 Å². The van der Waals surface area contributed by atoms with Crippen molar-refractivity contribution in [1.82, 2.24) is 9.97 Å². The number of ether oxygens (including phenoxy) is 4. The number of rotatable bonds is 7. The Kier molecular flexibility index (Phi) is 11.2. The molecule has 0 spiro atoms. The van der Waals surface area contributed by atoms with E-state index in [2.05, 4.69) is 0 Å². The summed E-state index contributed by atoms with van der Waals surface area (Å²) in [6.45, 7) is 0. The van der Waals surface area contributed by atoms with Crippen LogP contribution in [0.15, 0.2) is 72.8 Å². The molecule has 0 fully saturated rings. The molecule has 39 heavy (non-hydrogen) atoms. The van der Waals surface area contributed by atoms with Crippen molar-refractivity contribution >= 4 is 31.3 Å². The maximum absolute atomic E-state index is 12.1. The van der Waals surface area contributed by atoms with E-state index in [0.29, 0.717) is 56.5 Å². The van der Waals surface area contributed by atoms with Gasteiger partial charge in [-0.15, -0.1) is 0 Å². The molecule has 0 saturated carbocycles. The van der Waals surface area contributed by atoms with Gasteiger partial charge in [0.2, 0.25) is 0 Å². The van der Waals surface area contributed by atoms with E-state index in [4.69, 9.17) is 48.3 Å². The van der Waals surface area contributed by atoms with E-state index in [0.717, 1.165) is 0 Å². The van der Waals surface area contributed by atoms with Gasteiger partial charge in [0.15, 0.2) is 0 Å². The SMILES string of the molecule is COC(=O)c1ccc(OC)c(-c2cccc(-c3cccc(-c4cc(C(=O)OC)ccc4OC)n3)n2)c1.[Cl][Zn][Cl]. The van der Waals surface area contributed by atoms with Gasteiger partial charge in [-0.2, -0.15) is 0 Å². The van der Waals surface area contributed by atoms with E-state index in [-0.39, 0.29) is 0 Å². The summed E-state index contributed by atoms with van der Waals surface area (Å²) in [5.74, 6) is 0.233. The van der Waals surface area contributed by atoms with Gasteiger partial charge in [-0.05, 0) is 60.7 Å². The fraction of sp³-hybridized carbons (Fsp3) is 0.143. The number of pyridine rings is 2. The second-order valence-electron chi connectivity index (χ2n) is 7.73. The van der Waals surface area contributed by atoms with Gasteiger partial charge < -0.3 is 18.9 Å². The molecular weight excluding hydrogens is 597 g/mol. The molecule has 0 bridgehead atoms. The molecule has 0 aliphatic carbocycles. The number of hydrogen-bond donors (Lipinski definition) is 0. The topological polar surface area (TPSA) is 96.8 Å². The first-order chi connectivity index (χ1) is 18.9. The number of hydrogen-bond acceptors (Lipinski definition) is 8. The van der Waals surface area contributed by atoms with Gasteiger partial charge in [-0.25, -0.2) is 19.6 Å². The van der Waals surface area contributed by atoms with Crippen LogP contribution in [0.3, 0.4) is 0 Å². The molecule has 4 aromatic rings. The van der Waals surface area contributed by atoms with Crippen molar-refractivity contribution in [2.75, 3.05) is 28.4 Å². The molecule has 0 N–H and O–H groups in total. The van der Waals surface area contributed by atoms with Gasteiger partial charge in [-0.1, -0.05) is 12.1 Å². The Hall–Kier alpha value is -3.52. The minimum absolute atomic E-state index is 0.387. The Morgan fingerprint density at radius 2 is 0.974 bits per heavy atom. The van der Waals surface area contributed by atoms with Crippen LogP contribution in [0.1, 0.15) is 20.7 Å². The van der Waals surface area contributed by atoms with Crippen LogP contribution in [0.4, 0.5) is 0 Å². The number of benzene rings is 2. The second kappa shape index (κ2) is 14.6. The quantitative estimate of drug-likeness (QED) is 0.172. The number of aromatic nitrogens is 2. The van der Waals surface area contributed by atoms with Crippen LogP contribution in [0.2, 0.25) is 0 Å². The molecule has 8 nitrogen and oxygen atoms in total. The fourth-order valence-electron chi connectivity index (χ4n) is 3.76. The Balaban J connectivity index is 0.00000134. The van der Waals surface area contributed by atoms with Crippen LogP contribution in [-0.4, -0.2) is 50.3 Å². The molecule has 0 aliphatic rings. The Morgan fingerprint density at radius 1 is 0.615 bits per heavy atom. The summed E-state index contributed by atoms with van der Waals surface area (Å²) in [7, 11) is 15.7. The second-order valence-corrected chi connectivity index (χ2v) is 12.4. The summed E-state index contributed by atoms with van der Waals surface area (Å²) in [5.41, 5.74) is 4.50. The Labute approximate surface area is 241 Å². The average Bonchev–Trinajstić information content (AvgIpc) is 3.00. The van der Waals surface area contributed by atoms with Gasteiger partial charge in [-0.3, -0.25) is 0 Å². The first-order valence-electron chi connectivity index (χ1n) is 11.5. The zero-order chi connectivity index (χ0) is 28.4. The van der Waals surface area contributed by atoms with Gasteiger partial charge in [0.05, 0.1) is 62.3 Å². The summed E-state index contributed by atoms with van der Waals surface area (Å²) in [6.07, 6.45) is 0. The maximum atomic E-state index is 12.1. The van der Waals surface area contributed by atoms with Crippen molar-refractivity contribution in [3.05, 3.63) is 83.9 Å². The zero-order valence-corrected chi connectivity index (χ0v) is 26.2. The van der Waals surface area contributed by atoms with E-state index in [1.807, 2.05) is 36.4 Å². The van der Waals surface area contributed by atoms with Gasteiger partial charge in [0.25, 0.3) is 0 Å². The molecule has 0 amide bonds. The molecule has 2 heterocycles. The van der Waals surface area contributed by atoms with Crippen molar-refractivity contribution in [1.29, 1.82) is 0 Å². The molecule has 198 valence electrons. The predicted octanol–water partition coefficient (Wildman–Crippen LogP) is 6.44. The first kappa shape index (κ1) is 30.0. The summed E-state index contributed by atoms with van der Waals surface area (Å²) < 4.78 is 20.7. The monoisotopic (exact) mass is 618 g/mol. The minimum atomic E-state index is -0.931. The van der Waals surface area contributed by atoms with Crippen LogP contribution in [0, 0.1) is 0 Å². The van der Waals surface area contributed by atoms with Gasteiger partial charge >= 0.3 is 46.5 Å². The average molecular weight is 621 g/mol.